The van der Waals surface area contributed by atoms with Crippen LogP contribution in [0.25, 0.3) is 0 Å². The molecule has 32 heavy (non-hydrogen) atoms. The van der Waals surface area contributed by atoms with E-state index in [-0.39, 0.29) is 0 Å². The third kappa shape index (κ3) is 3.56. The Balaban J connectivity index is 1.30. The van der Waals surface area contributed by atoms with E-state index in [1.54, 1.807) is 6.20 Å². The highest BCUT2D eigenvalue weighted by molar-refractivity contribution is 5.21. The molecular weight excluding hydrogens is 390 g/mol. The maximum Gasteiger partial charge on any atom is 0.102 e. The summed E-state index contributed by atoms with van der Waals surface area (Å²) in [6.45, 7) is 11.2. The van der Waals surface area contributed by atoms with Gasteiger partial charge in [-0.25, -0.2) is 0 Å². The highest BCUT2D eigenvalue weighted by atomic mass is 15.3. The summed E-state index contributed by atoms with van der Waals surface area (Å²) >= 11 is 0. The molecule has 4 saturated carbocycles. The van der Waals surface area contributed by atoms with Crippen LogP contribution in [0.5, 0.6) is 0 Å². The molecule has 3 nitrogen and oxygen atoms in total. The number of nitriles is 1. The van der Waals surface area contributed by atoms with Gasteiger partial charge < -0.3 is 0 Å². The molecule has 0 saturated heterocycles. The van der Waals surface area contributed by atoms with Crippen LogP contribution in [0, 0.1) is 63.6 Å². The van der Waals surface area contributed by atoms with E-state index in [0.29, 0.717) is 22.3 Å². The van der Waals surface area contributed by atoms with Gasteiger partial charge in [0.05, 0.1) is 11.8 Å². The van der Waals surface area contributed by atoms with E-state index in [1.165, 1.54) is 70.6 Å². The van der Waals surface area contributed by atoms with E-state index in [2.05, 4.69) is 38.9 Å². The van der Waals surface area contributed by atoms with Crippen molar-refractivity contribution in [2.45, 2.75) is 105 Å². The lowest BCUT2D eigenvalue weighted by molar-refractivity contribution is -0.121. The lowest BCUT2D eigenvalue weighted by atomic mass is 9.44. The molecule has 0 bridgehead atoms. The van der Waals surface area contributed by atoms with Crippen LogP contribution >= 0.6 is 0 Å². The van der Waals surface area contributed by atoms with Gasteiger partial charge in [-0.1, -0.05) is 40.5 Å². The van der Waals surface area contributed by atoms with Gasteiger partial charge in [-0.15, -0.1) is 0 Å². The molecule has 1 aromatic rings. The number of aromatic nitrogens is 2. The van der Waals surface area contributed by atoms with E-state index in [1.807, 2.05) is 10.9 Å². The number of fused-ring (bicyclic) bond motifs is 5. The van der Waals surface area contributed by atoms with Crippen LogP contribution in [-0.2, 0) is 6.54 Å². The summed E-state index contributed by atoms with van der Waals surface area (Å²) in [6.07, 6.45) is 19.8. The SMILES string of the molecule is CCC[C@H]1CC[C@@]2(C)[C@H](CC[C@@H]3[C@@H]2CC[C@]2(C)[C@@H](C(C)Cn4cc(C#N)cn4)CC[C@@H]32)C1. The topological polar surface area (TPSA) is 41.6 Å². The zero-order valence-electron chi connectivity index (χ0n) is 21.0. The zero-order valence-corrected chi connectivity index (χ0v) is 21.0. The fraction of sp³-hybridized carbons (Fsp3) is 0.862. The summed E-state index contributed by atoms with van der Waals surface area (Å²) < 4.78 is 2.02. The Bertz CT molecular complexity index is 851. The quantitative estimate of drug-likeness (QED) is 0.481. The smallest absolute Gasteiger partial charge is 0.102 e. The van der Waals surface area contributed by atoms with Crippen molar-refractivity contribution in [3.05, 3.63) is 18.0 Å². The van der Waals surface area contributed by atoms with Gasteiger partial charge in [0.1, 0.15) is 6.07 Å². The molecule has 5 rings (SSSR count). The summed E-state index contributed by atoms with van der Waals surface area (Å²) in [6, 6.07) is 2.23. The molecule has 0 radical (unpaired) electrons. The van der Waals surface area contributed by atoms with E-state index in [4.69, 9.17) is 5.26 Å². The summed E-state index contributed by atoms with van der Waals surface area (Å²) in [5, 5.41) is 13.6. The molecular formula is C29H45N3. The average Bonchev–Trinajstić information content (AvgIpc) is 3.37. The first-order valence-corrected chi connectivity index (χ1v) is 13.8. The van der Waals surface area contributed by atoms with E-state index in [9.17, 15) is 0 Å². The normalized spacial score (nSPS) is 44.2. The third-order valence-corrected chi connectivity index (χ3v) is 11.5. The van der Waals surface area contributed by atoms with Crippen LogP contribution in [0.1, 0.15) is 104 Å². The van der Waals surface area contributed by atoms with Gasteiger partial charge >= 0.3 is 0 Å². The van der Waals surface area contributed by atoms with Gasteiger partial charge in [0.2, 0.25) is 0 Å². The molecule has 9 atom stereocenters. The minimum absolute atomic E-state index is 0.508. The maximum absolute atomic E-state index is 9.14. The van der Waals surface area contributed by atoms with Crippen LogP contribution in [0.3, 0.4) is 0 Å². The second-order valence-electron chi connectivity index (χ2n) is 12.9. The van der Waals surface area contributed by atoms with E-state index >= 15 is 0 Å². The number of hydrogen-bond acceptors (Lipinski definition) is 2. The third-order valence-electron chi connectivity index (χ3n) is 11.5. The number of nitrogens with zero attached hydrogens (tertiary/aromatic N) is 3. The minimum Gasteiger partial charge on any atom is -0.271 e. The highest BCUT2D eigenvalue weighted by Gasteiger charge is 2.60. The van der Waals surface area contributed by atoms with Crippen LogP contribution < -0.4 is 0 Å². The van der Waals surface area contributed by atoms with Gasteiger partial charge in [-0.3, -0.25) is 4.68 Å². The first-order chi connectivity index (χ1) is 15.4. The van der Waals surface area contributed by atoms with Crippen LogP contribution in [0.2, 0.25) is 0 Å². The Kier molecular flexibility index (Phi) is 5.96. The first-order valence-electron chi connectivity index (χ1n) is 13.8. The Labute approximate surface area is 196 Å². The van der Waals surface area contributed by atoms with Crippen molar-refractivity contribution in [2.24, 2.45) is 52.3 Å². The molecule has 0 aliphatic heterocycles. The van der Waals surface area contributed by atoms with E-state index < -0.39 is 0 Å². The number of hydrogen-bond donors (Lipinski definition) is 0. The van der Waals surface area contributed by atoms with Crippen molar-refractivity contribution >= 4 is 0 Å². The van der Waals surface area contributed by atoms with Gasteiger partial charge in [0.15, 0.2) is 0 Å². The Hall–Kier alpha value is -1.30. The molecule has 4 aliphatic rings. The van der Waals surface area contributed by atoms with Crippen molar-refractivity contribution in [3.63, 3.8) is 0 Å². The van der Waals surface area contributed by atoms with Gasteiger partial charge in [-0.05, 0) is 110 Å². The van der Waals surface area contributed by atoms with E-state index in [0.717, 1.165) is 42.1 Å². The van der Waals surface area contributed by atoms with Crippen molar-refractivity contribution in [3.8, 4) is 6.07 Å². The standard InChI is InChI=1S/C29H45N3/c1-5-6-21-11-13-28(3)23(15-21)7-8-24-26-10-9-25(29(26,4)14-12-27(24)28)20(2)18-32-19-22(16-30)17-31-32/h17,19-21,23-27H,5-15,18H2,1-4H3/t20?,21-,23+,24-,25+,26-,27-,28-,29+/m0/s1. The summed E-state index contributed by atoms with van der Waals surface area (Å²) in [5.74, 6) is 6.35. The van der Waals surface area contributed by atoms with Gasteiger partial charge in [0, 0.05) is 12.7 Å². The zero-order chi connectivity index (χ0) is 22.5. The molecule has 0 spiro atoms. The van der Waals surface area contributed by atoms with Crippen LogP contribution in [0.4, 0.5) is 0 Å². The van der Waals surface area contributed by atoms with Crippen molar-refractivity contribution in [1.82, 2.24) is 9.78 Å². The monoisotopic (exact) mass is 435 g/mol. The fourth-order valence-electron chi connectivity index (χ4n) is 9.94. The molecule has 0 aromatic carbocycles. The second-order valence-corrected chi connectivity index (χ2v) is 12.9. The van der Waals surface area contributed by atoms with Crippen molar-refractivity contribution < 1.29 is 0 Å². The second kappa shape index (κ2) is 8.48. The minimum atomic E-state index is 0.508. The summed E-state index contributed by atoms with van der Waals surface area (Å²) in [7, 11) is 0. The first kappa shape index (κ1) is 22.5. The van der Waals surface area contributed by atoms with Gasteiger partial charge in [-0.2, -0.15) is 10.4 Å². The number of rotatable bonds is 5. The average molecular weight is 436 g/mol. The Morgan fingerprint density at radius 1 is 1.09 bits per heavy atom. The molecule has 0 amide bonds. The van der Waals surface area contributed by atoms with Crippen molar-refractivity contribution in [1.29, 1.82) is 5.26 Å². The Morgan fingerprint density at radius 2 is 1.88 bits per heavy atom. The lowest BCUT2D eigenvalue weighted by Crippen LogP contribution is -2.53. The molecule has 0 N–H and O–H groups in total. The predicted molar refractivity (Wildman–Crippen MR) is 130 cm³/mol. The largest absolute Gasteiger partial charge is 0.271 e. The van der Waals surface area contributed by atoms with Crippen LogP contribution in [0.15, 0.2) is 12.4 Å². The lowest BCUT2D eigenvalue weighted by Gasteiger charge is -2.61. The molecule has 1 heterocycles. The van der Waals surface area contributed by atoms with Gasteiger partial charge in [0.25, 0.3) is 0 Å². The fourth-order valence-corrected chi connectivity index (χ4v) is 9.94. The maximum atomic E-state index is 9.14. The molecule has 3 heteroatoms. The molecule has 4 aliphatic carbocycles. The van der Waals surface area contributed by atoms with Crippen molar-refractivity contribution in [2.75, 3.05) is 0 Å². The summed E-state index contributed by atoms with van der Waals surface area (Å²) in [5.41, 5.74) is 1.82. The molecule has 4 fully saturated rings. The Morgan fingerprint density at radius 3 is 2.62 bits per heavy atom. The predicted octanol–water partition coefficient (Wildman–Crippen LogP) is 7.47. The molecule has 1 unspecified atom stereocenters. The molecule has 1 aromatic heterocycles. The molecule has 176 valence electrons. The highest BCUT2D eigenvalue weighted by Crippen LogP contribution is 2.68. The summed E-state index contributed by atoms with van der Waals surface area (Å²) in [4.78, 5) is 0. The van der Waals surface area contributed by atoms with Crippen LogP contribution in [-0.4, -0.2) is 9.78 Å².